The van der Waals surface area contributed by atoms with Crippen LogP contribution in [-0.2, 0) is 0 Å². The van der Waals surface area contributed by atoms with Gasteiger partial charge in [-0.15, -0.1) is 0 Å². The Morgan fingerprint density at radius 3 is 1.21 bits per heavy atom. The Balaban J connectivity index is 2.25. The Bertz CT molecular complexity index is 172. The summed E-state index contributed by atoms with van der Waals surface area (Å²) < 4.78 is 0. The molecule has 0 unspecified atom stereocenters. The molecule has 1 heteroatoms. The van der Waals surface area contributed by atoms with Crippen molar-refractivity contribution in [2.75, 3.05) is 0 Å². The van der Waals surface area contributed by atoms with Crippen LogP contribution in [0, 0.1) is 0 Å². The predicted molar refractivity (Wildman–Crippen MR) is 90.6 cm³/mol. The molecule has 0 atom stereocenters. The standard InChI is InChI=1S/C18H37B/c1-17(2)19-18-15-13-11-9-7-5-3-4-6-8-10-12-14-16-18/h17-19H,3-16H2,1-2H3. The first-order valence-electron chi connectivity index (χ1n) is 9.29. The fraction of sp³-hybridized carbons (Fsp3) is 1.00. The monoisotopic (exact) mass is 264 g/mol. The third-order valence-corrected chi connectivity index (χ3v) is 4.78. The van der Waals surface area contributed by atoms with Crippen LogP contribution in [0.3, 0.4) is 0 Å². The molecule has 0 heterocycles. The van der Waals surface area contributed by atoms with Crippen molar-refractivity contribution in [2.45, 2.75) is 115 Å². The van der Waals surface area contributed by atoms with E-state index in [2.05, 4.69) is 13.8 Å². The summed E-state index contributed by atoms with van der Waals surface area (Å²) in [7, 11) is 1.47. The van der Waals surface area contributed by atoms with Crippen LogP contribution in [0.4, 0.5) is 0 Å². The molecule has 1 fully saturated rings. The number of hydrogen-bond acceptors (Lipinski definition) is 0. The maximum Gasteiger partial charge on any atom is 0.126 e. The van der Waals surface area contributed by atoms with Crippen LogP contribution in [-0.4, -0.2) is 7.28 Å². The Morgan fingerprint density at radius 2 is 0.895 bits per heavy atom. The molecule has 0 saturated heterocycles. The molecule has 0 N–H and O–H groups in total. The molecule has 0 spiro atoms. The molecule has 0 radical (unpaired) electrons. The van der Waals surface area contributed by atoms with E-state index in [1.807, 2.05) is 0 Å². The number of hydrogen-bond donors (Lipinski definition) is 0. The second-order valence-corrected chi connectivity index (χ2v) is 7.32. The topological polar surface area (TPSA) is 0 Å². The van der Waals surface area contributed by atoms with Crippen LogP contribution in [0.5, 0.6) is 0 Å². The Kier molecular flexibility index (Phi) is 10.7. The van der Waals surface area contributed by atoms with Crippen molar-refractivity contribution in [2.24, 2.45) is 0 Å². The second kappa shape index (κ2) is 11.9. The van der Waals surface area contributed by atoms with Crippen LogP contribution in [0.2, 0.25) is 11.6 Å². The fourth-order valence-corrected chi connectivity index (χ4v) is 3.68. The van der Waals surface area contributed by atoms with E-state index in [1.165, 1.54) is 97.2 Å². The van der Waals surface area contributed by atoms with E-state index in [4.69, 9.17) is 0 Å². The SMILES string of the molecule is CC(C)BC1CCCCCCCCCCCCCC1. The Labute approximate surface area is 123 Å². The highest BCUT2D eigenvalue weighted by Gasteiger charge is 2.12. The van der Waals surface area contributed by atoms with Crippen LogP contribution in [0.25, 0.3) is 0 Å². The summed E-state index contributed by atoms with van der Waals surface area (Å²) in [6.45, 7) is 4.80. The molecule has 0 nitrogen and oxygen atoms in total. The quantitative estimate of drug-likeness (QED) is 0.498. The lowest BCUT2D eigenvalue weighted by Gasteiger charge is -2.17. The predicted octanol–water partition coefficient (Wildman–Crippen LogP) is 6.51. The van der Waals surface area contributed by atoms with E-state index in [0.29, 0.717) is 0 Å². The molecule has 19 heavy (non-hydrogen) atoms. The first-order chi connectivity index (χ1) is 9.29. The molecular weight excluding hydrogens is 227 g/mol. The third kappa shape index (κ3) is 10.5. The van der Waals surface area contributed by atoms with Crippen molar-refractivity contribution in [3.05, 3.63) is 0 Å². The van der Waals surface area contributed by atoms with E-state index in [1.54, 1.807) is 0 Å². The average Bonchev–Trinajstić information content (AvgIpc) is 2.38. The lowest BCUT2D eigenvalue weighted by molar-refractivity contribution is 0.542. The normalized spacial score (nSPS) is 22.7. The van der Waals surface area contributed by atoms with Crippen LogP contribution >= 0.6 is 0 Å². The van der Waals surface area contributed by atoms with Crippen molar-refractivity contribution in [1.82, 2.24) is 0 Å². The first-order valence-corrected chi connectivity index (χ1v) is 9.29. The summed E-state index contributed by atoms with van der Waals surface area (Å²) >= 11 is 0. The lowest BCUT2D eigenvalue weighted by atomic mass is 9.53. The molecule has 0 aliphatic heterocycles. The van der Waals surface area contributed by atoms with Gasteiger partial charge in [0, 0.05) is 0 Å². The highest BCUT2D eigenvalue weighted by atomic mass is 14.1. The zero-order valence-corrected chi connectivity index (χ0v) is 13.8. The fourth-order valence-electron chi connectivity index (χ4n) is 3.68. The van der Waals surface area contributed by atoms with E-state index < -0.39 is 0 Å². The zero-order valence-electron chi connectivity index (χ0n) is 13.8. The average molecular weight is 264 g/mol. The molecule has 0 aromatic rings. The summed E-state index contributed by atoms with van der Waals surface area (Å²) in [5.41, 5.74) is 0. The molecule has 1 rings (SSSR count). The van der Waals surface area contributed by atoms with Gasteiger partial charge in [0.25, 0.3) is 0 Å². The summed E-state index contributed by atoms with van der Waals surface area (Å²) in [6.07, 6.45) is 21.0. The molecule has 0 aromatic heterocycles. The molecule has 0 aromatic carbocycles. The minimum Gasteiger partial charge on any atom is -0.0710 e. The van der Waals surface area contributed by atoms with Gasteiger partial charge in [-0.1, -0.05) is 115 Å². The smallest absolute Gasteiger partial charge is 0.0710 e. The lowest BCUT2D eigenvalue weighted by Crippen LogP contribution is -2.07. The van der Waals surface area contributed by atoms with Gasteiger partial charge in [-0.2, -0.15) is 0 Å². The van der Waals surface area contributed by atoms with Gasteiger partial charge < -0.3 is 0 Å². The van der Waals surface area contributed by atoms with Crippen molar-refractivity contribution < 1.29 is 0 Å². The van der Waals surface area contributed by atoms with Gasteiger partial charge in [0.1, 0.15) is 7.28 Å². The van der Waals surface area contributed by atoms with Crippen LogP contribution < -0.4 is 0 Å². The van der Waals surface area contributed by atoms with Gasteiger partial charge in [0.15, 0.2) is 0 Å². The molecular formula is C18H37B. The highest BCUT2D eigenvalue weighted by molar-refractivity contribution is 6.39. The van der Waals surface area contributed by atoms with Gasteiger partial charge in [-0.3, -0.25) is 0 Å². The third-order valence-electron chi connectivity index (χ3n) is 4.78. The maximum atomic E-state index is 2.40. The molecule has 112 valence electrons. The number of rotatable bonds is 2. The Hall–Kier alpha value is 0.0649. The molecule has 1 saturated carbocycles. The van der Waals surface area contributed by atoms with Crippen molar-refractivity contribution in [1.29, 1.82) is 0 Å². The summed E-state index contributed by atoms with van der Waals surface area (Å²) in [6, 6.07) is 0. The zero-order chi connectivity index (χ0) is 13.8. The summed E-state index contributed by atoms with van der Waals surface area (Å²) in [5.74, 6) is 1.93. The van der Waals surface area contributed by atoms with Crippen molar-refractivity contribution in [3.8, 4) is 0 Å². The van der Waals surface area contributed by atoms with Gasteiger partial charge in [0.05, 0.1) is 0 Å². The van der Waals surface area contributed by atoms with Gasteiger partial charge >= 0.3 is 0 Å². The summed E-state index contributed by atoms with van der Waals surface area (Å²) in [5, 5.41) is 0. The van der Waals surface area contributed by atoms with E-state index in [-0.39, 0.29) is 0 Å². The van der Waals surface area contributed by atoms with Crippen molar-refractivity contribution >= 4 is 7.28 Å². The van der Waals surface area contributed by atoms with Crippen LogP contribution in [0.1, 0.15) is 104 Å². The second-order valence-electron chi connectivity index (χ2n) is 7.32. The molecule has 0 amide bonds. The van der Waals surface area contributed by atoms with Gasteiger partial charge in [-0.25, -0.2) is 0 Å². The van der Waals surface area contributed by atoms with Crippen molar-refractivity contribution in [3.63, 3.8) is 0 Å². The van der Waals surface area contributed by atoms with E-state index >= 15 is 0 Å². The molecule has 0 bridgehead atoms. The van der Waals surface area contributed by atoms with Gasteiger partial charge in [-0.05, 0) is 0 Å². The maximum absolute atomic E-state index is 2.40. The minimum absolute atomic E-state index is 0.895. The van der Waals surface area contributed by atoms with E-state index in [9.17, 15) is 0 Å². The highest BCUT2D eigenvalue weighted by Crippen LogP contribution is 2.26. The molecule has 1 aliphatic carbocycles. The first kappa shape index (κ1) is 17.1. The van der Waals surface area contributed by atoms with Gasteiger partial charge in [0.2, 0.25) is 0 Å². The largest absolute Gasteiger partial charge is 0.126 e. The Morgan fingerprint density at radius 1 is 0.579 bits per heavy atom. The molecule has 1 aliphatic rings. The summed E-state index contributed by atoms with van der Waals surface area (Å²) in [4.78, 5) is 0. The minimum atomic E-state index is 0.895. The van der Waals surface area contributed by atoms with Crippen LogP contribution in [0.15, 0.2) is 0 Å². The van der Waals surface area contributed by atoms with E-state index in [0.717, 1.165) is 11.6 Å².